The molecule has 0 aromatic heterocycles. The lowest BCUT2D eigenvalue weighted by atomic mass is 9.82. The molecule has 0 spiro atoms. The zero-order valence-electron chi connectivity index (χ0n) is 22.2. The fraction of sp³-hybridized carbons (Fsp3) is 0.370. The number of aromatic hydroxyl groups is 1. The molecule has 3 N–H and O–H groups in total. The molecule has 2 heterocycles. The van der Waals surface area contributed by atoms with Crippen molar-refractivity contribution in [3.63, 3.8) is 0 Å². The van der Waals surface area contributed by atoms with E-state index in [1.807, 2.05) is 53.1 Å². The van der Waals surface area contributed by atoms with Gasteiger partial charge in [0.05, 0.1) is 17.3 Å². The first kappa shape index (κ1) is 25.9. The van der Waals surface area contributed by atoms with Gasteiger partial charge in [0.1, 0.15) is 23.0 Å². The molecule has 2 amide bonds. The van der Waals surface area contributed by atoms with E-state index in [2.05, 4.69) is 15.6 Å². The van der Waals surface area contributed by atoms with E-state index in [0.29, 0.717) is 22.9 Å². The van der Waals surface area contributed by atoms with Crippen LogP contribution >= 0.6 is 0 Å². The van der Waals surface area contributed by atoms with Gasteiger partial charge in [-0.2, -0.15) is 0 Å². The monoisotopic (exact) mass is 507 g/mol. The van der Waals surface area contributed by atoms with Crippen molar-refractivity contribution < 1.29 is 24.2 Å². The van der Waals surface area contributed by atoms with Crippen LogP contribution in [-0.2, 0) is 9.59 Å². The number of nitrogens with zero attached hydrogens (tertiary/aromatic N) is 3. The number of carbonyl (C=O) groups is 2. The number of rotatable bonds is 6. The molecule has 37 heavy (non-hydrogen) atoms. The molecule has 0 unspecified atom stereocenters. The lowest BCUT2D eigenvalue weighted by molar-refractivity contribution is -0.136. The van der Waals surface area contributed by atoms with Gasteiger partial charge in [-0.05, 0) is 35.2 Å². The number of phenols is 1. The molecule has 2 aromatic rings. The van der Waals surface area contributed by atoms with Crippen LogP contribution in [0.4, 0.5) is 5.69 Å². The number of benzene rings is 2. The summed E-state index contributed by atoms with van der Waals surface area (Å²) in [4.78, 5) is 33.4. The number of hydrogen-bond donors (Lipinski definition) is 3. The van der Waals surface area contributed by atoms with Gasteiger partial charge in [0, 0.05) is 28.2 Å². The van der Waals surface area contributed by atoms with Crippen LogP contribution in [0, 0.1) is 5.41 Å². The summed E-state index contributed by atoms with van der Waals surface area (Å²) < 4.78 is 11.0. The maximum atomic E-state index is 13.2. The third kappa shape index (κ3) is 4.78. The van der Waals surface area contributed by atoms with E-state index in [-0.39, 0.29) is 41.1 Å². The molecule has 2 aromatic carbocycles. The number of aliphatic imine (C=N–C) groups is 1. The van der Waals surface area contributed by atoms with E-state index in [1.54, 1.807) is 30.1 Å². The molecule has 10 heteroatoms. The maximum Gasteiger partial charge on any atom is 0.279 e. The van der Waals surface area contributed by atoms with Crippen LogP contribution in [0.25, 0.3) is 0 Å². The van der Waals surface area contributed by atoms with Gasteiger partial charge >= 0.3 is 0 Å². The van der Waals surface area contributed by atoms with Crippen LogP contribution in [0.1, 0.15) is 37.9 Å². The van der Waals surface area contributed by atoms with Gasteiger partial charge in [-0.1, -0.05) is 32.9 Å². The molecule has 0 fully saturated rings. The number of likely N-dealkylation sites (N-methyl/N-ethyl adjacent to an activating group) is 1. The second-order valence-electron chi connectivity index (χ2n) is 10.2. The topological polar surface area (TPSA) is 116 Å². The van der Waals surface area contributed by atoms with E-state index in [9.17, 15) is 14.7 Å². The van der Waals surface area contributed by atoms with Crippen molar-refractivity contribution in [3.05, 3.63) is 58.9 Å². The van der Waals surface area contributed by atoms with Crippen molar-refractivity contribution >= 4 is 23.3 Å². The van der Waals surface area contributed by atoms with Crippen molar-refractivity contribution in [2.75, 3.05) is 40.3 Å². The SMILES string of the molecule is CN=C(c1cccc(NC2=C(N[C@@H](c3ccc4c(c3)OCO4)C(C)(C)C)C(=O)N(C)C2=O)c1O)N(C)C. The van der Waals surface area contributed by atoms with Gasteiger partial charge in [-0.25, -0.2) is 0 Å². The predicted molar refractivity (Wildman–Crippen MR) is 141 cm³/mol. The first-order chi connectivity index (χ1) is 17.4. The van der Waals surface area contributed by atoms with Gasteiger partial charge < -0.3 is 30.1 Å². The molecule has 2 aliphatic heterocycles. The number of imide groups is 1. The Morgan fingerprint density at radius 2 is 1.76 bits per heavy atom. The number of amides is 2. The summed E-state index contributed by atoms with van der Waals surface area (Å²) in [6.07, 6.45) is 0. The number of hydrogen-bond acceptors (Lipinski definition) is 8. The third-order valence-corrected chi connectivity index (χ3v) is 6.34. The minimum Gasteiger partial charge on any atom is -0.505 e. The summed E-state index contributed by atoms with van der Waals surface area (Å²) in [5, 5.41) is 17.4. The average Bonchev–Trinajstić information content (AvgIpc) is 3.38. The second kappa shape index (κ2) is 9.68. The highest BCUT2D eigenvalue weighted by molar-refractivity contribution is 6.20. The zero-order valence-corrected chi connectivity index (χ0v) is 22.2. The van der Waals surface area contributed by atoms with Crippen molar-refractivity contribution in [3.8, 4) is 17.2 Å². The number of nitrogens with one attached hydrogen (secondary N) is 2. The summed E-state index contributed by atoms with van der Waals surface area (Å²) in [7, 11) is 6.71. The molecular weight excluding hydrogens is 474 g/mol. The standard InChI is InChI=1S/C27H33N5O5/c1-27(2,3)23(15-11-12-18-19(13-15)37-14-36-18)30-21-20(25(34)32(7)26(21)35)29-17-10-8-9-16(22(17)33)24(28-4)31(5)6/h8-13,23,29-30,33H,14H2,1-7H3/t23-/m0/s1. The van der Waals surface area contributed by atoms with E-state index in [0.717, 1.165) is 10.5 Å². The van der Waals surface area contributed by atoms with Gasteiger partial charge in [-0.3, -0.25) is 19.5 Å². The number of amidine groups is 1. The molecule has 0 bridgehead atoms. The van der Waals surface area contributed by atoms with Crippen molar-refractivity contribution in [2.24, 2.45) is 10.4 Å². The molecule has 4 rings (SSSR count). The fourth-order valence-corrected chi connectivity index (χ4v) is 4.45. The third-order valence-electron chi connectivity index (χ3n) is 6.34. The Balaban J connectivity index is 1.75. The first-order valence-corrected chi connectivity index (χ1v) is 11.9. The Bertz CT molecular complexity index is 1310. The van der Waals surface area contributed by atoms with Crippen LogP contribution in [-0.4, -0.2) is 67.5 Å². The predicted octanol–water partition coefficient (Wildman–Crippen LogP) is 3.06. The largest absolute Gasteiger partial charge is 0.505 e. The van der Waals surface area contributed by atoms with E-state index >= 15 is 0 Å². The summed E-state index contributed by atoms with van der Waals surface area (Å²) in [5.74, 6) is 0.794. The molecule has 0 aliphatic carbocycles. The Labute approximate surface area is 216 Å². The highest BCUT2D eigenvalue weighted by Gasteiger charge is 2.40. The zero-order chi connectivity index (χ0) is 27.1. The molecule has 0 saturated heterocycles. The number of carbonyl (C=O) groups excluding carboxylic acids is 2. The van der Waals surface area contributed by atoms with Crippen LogP contribution in [0.2, 0.25) is 0 Å². The molecule has 0 radical (unpaired) electrons. The quantitative estimate of drug-likeness (QED) is 0.237. The Morgan fingerprint density at radius 3 is 2.41 bits per heavy atom. The van der Waals surface area contributed by atoms with Crippen molar-refractivity contribution in [1.29, 1.82) is 0 Å². The number of ether oxygens (including phenoxy) is 2. The highest BCUT2D eigenvalue weighted by Crippen LogP contribution is 2.40. The number of anilines is 1. The van der Waals surface area contributed by atoms with Crippen LogP contribution in [0.3, 0.4) is 0 Å². The van der Waals surface area contributed by atoms with Crippen molar-refractivity contribution in [2.45, 2.75) is 26.8 Å². The minimum absolute atomic E-state index is 0.0507. The molecule has 1 atom stereocenters. The van der Waals surface area contributed by atoms with Gasteiger partial charge in [0.25, 0.3) is 11.8 Å². The summed E-state index contributed by atoms with van der Waals surface area (Å²) in [5.41, 5.74) is 1.46. The lowest BCUT2D eigenvalue weighted by Gasteiger charge is -2.33. The molecule has 10 nitrogen and oxygen atoms in total. The van der Waals surface area contributed by atoms with Gasteiger partial charge in [0.2, 0.25) is 6.79 Å². The summed E-state index contributed by atoms with van der Waals surface area (Å²) >= 11 is 0. The highest BCUT2D eigenvalue weighted by atomic mass is 16.7. The molecule has 196 valence electrons. The number of fused-ring (bicyclic) bond motifs is 1. The fourth-order valence-electron chi connectivity index (χ4n) is 4.45. The van der Waals surface area contributed by atoms with Crippen LogP contribution < -0.4 is 20.1 Å². The number of para-hydroxylation sites is 1. The molecule has 2 aliphatic rings. The molecule has 0 saturated carbocycles. The van der Waals surface area contributed by atoms with Gasteiger partial charge in [0.15, 0.2) is 11.5 Å². The number of phenolic OH excluding ortho intramolecular Hbond substituents is 1. The Morgan fingerprint density at radius 1 is 1.08 bits per heavy atom. The van der Waals surface area contributed by atoms with Crippen LogP contribution in [0.15, 0.2) is 52.8 Å². The van der Waals surface area contributed by atoms with Gasteiger partial charge in [-0.15, -0.1) is 0 Å². The van der Waals surface area contributed by atoms with Crippen LogP contribution in [0.5, 0.6) is 17.2 Å². The smallest absolute Gasteiger partial charge is 0.279 e. The Hall–Kier alpha value is -4.21. The van der Waals surface area contributed by atoms with E-state index in [1.165, 1.54) is 7.05 Å². The normalized spacial score (nSPS) is 16.4. The average molecular weight is 508 g/mol. The van der Waals surface area contributed by atoms with Crippen molar-refractivity contribution in [1.82, 2.24) is 15.1 Å². The minimum atomic E-state index is -0.507. The first-order valence-electron chi connectivity index (χ1n) is 11.9. The summed E-state index contributed by atoms with van der Waals surface area (Å²) in [6, 6.07) is 10.4. The lowest BCUT2D eigenvalue weighted by Crippen LogP contribution is -2.36. The Kier molecular flexibility index (Phi) is 6.77. The summed E-state index contributed by atoms with van der Waals surface area (Å²) in [6.45, 7) is 6.27. The van der Waals surface area contributed by atoms with E-state index < -0.39 is 11.8 Å². The maximum absolute atomic E-state index is 13.2. The molecular formula is C27H33N5O5. The second-order valence-corrected chi connectivity index (χ2v) is 10.2. The van der Waals surface area contributed by atoms with E-state index in [4.69, 9.17) is 9.47 Å².